The standard InChI is InChI=1S/C9H14N4O2S/c1-4(2)6(10)8(15)13-9-12-5(3-16-9)7(11)14/h3-4,6H,10H2,1-2H3,(H2,11,14)(H,12,13,15)/t6-/m0/s1. The highest BCUT2D eigenvalue weighted by molar-refractivity contribution is 7.14. The van der Waals surface area contributed by atoms with Gasteiger partial charge in [0.25, 0.3) is 5.91 Å². The second-order valence-corrected chi connectivity index (χ2v) is 4.52. The Morgan fingerprint density at radius 3 is 2.56 bits per heavy atom. The zero-order chi connectivity index (χ0) is 12.3. The fourth-order valence-corrected chi connectivity index (χ4v) is 1.64. The van der Waals surface area contributed by atoms with E-state index in [0.717, 1.165) is 11.3 Å². The van der Waals surface area contributed by atoms with E-state index in [9.17, 15) is 9.59 Å². The first-order chi connectivity index (χ1) is 7.41. The first-order valence-electron chi connectivity index (χ1n) is 4.73. The zero-order valence-electron chi connectivity index (χ0n) is 9.06. The van der Waals surface area contributed by atoms with Crippen LogP contribution in [-0.2, 0) is 4.79 Å². The van der Waals surface area contributed by atoms with E-state index in [-0.39, 0.29) is 17.5 Å². The lowest BCUT2D eigenvalue weighted by Crippen LogP contribution is -2.39. The molecule has 0 radical (unpaired) electrons. The number of carbonyl (C=O) groups is 2. The molecule has 0 spiro atoms. The molecule has 0 saturated carbocycles. The third-order valence-corrected chi connectivity index (χ3v) is 2.77. The molecule has 0 aliphatic rings. The summed E-state index contributed by atoms with van der Waals surface area (Å²) in [4.78, 5) is 26.2. The molecule has 0 fully saturated rings. The number of anilines is 1. The van der Waals surface area contributed by atoms with Crippen LogP contribution in [0, 0.1) is 5.92 Å². The summed E-state index contributed by atoms with van der Waals surface area (Å²) in [5.41, 5.74) is 10.8. The number of rotatable bonds is 4. The van der Waals surface area contributed by atoms with Gasteiger partial charge in [-0.3, -0.25) is 9.59 Å². The molecule has 16 heavy (non-hydrogen) atoms. The van der Waals surface area contributed by atoms with E-state index in [0.29, 0.717) is 5.13 Å². The summed E-state index contributed by atoms with van der Waals surface area (Å²) in [5, 5.41) is 4.35. The Labute approximate surface area is 97.0 Å². The fourth-order valence-electron chi connectivity index (χ4n) is 0.936. The maximum Gasteiger partial charge on any atom is 0.268 e. The predicted octanol–water partition coefficient (Wildman–Crippen LogP) is 0.164. The average molecular weight is 242 g/mol. The minimum absolute atomic E-state index is 0.0376. The van der Waals surface area contributed by atoms with Crippen LogP contribution in [0.5, 0.6) is 0 Å². The van der Waals surface area contributed by atoms with E-state index in [1.54, 1.807) is 0 Å². The fraction of sp³-hybridized carbons (Fsp3) is 0.444. The average Bonchev–Trinajstić information content (AvgIpc) is 2.64. The maximum absolute atomic E-state index is 11.5. The van der Waals surface area contributed by atoms with Gasteiger partial charge < -0.3 is 16.8 Å². The normalized spacial score (nSPS) is 12.5. The minimum atomic E-state index is -0.620. The lowest BCUT2D eigenvalue weighted by molar-refractivity contribution is -0.118. The summed E-state index contributed by atoms with van der Waals surface area (Å²) in [5.74, 6) is -0.902. The number of nitrogens with one attached hydrogen (secondary N) is 1. The molecule has 5 N–H and O–H groups in total. The van der Waals surface area contributed by atoms with Gasteiger partial charge in [-0.2, -0.15) is 0 Å². The monoisotopic (exact) mass is 242 g/mol. The van der Waals surface area contributed by atoms with Crippen molar-refractivity contribution in [3.8, 4) is 0 Å². The van der Waals surface area contributed by atoms with Crippen molar-refractivity contribution in [2.24, 2.45) is 17.4 Å². The highest BCUT2D eigenvalue weighted by Gasteiger charge is 2.18. The van der Waals surface area contributed by atoms with Crippen molar-refractivity contribution >= 4 is 28.3 Å². The molecule has 0 unspecified atom stereocenters. The van der Waals surface area contributed by atoms with Crippen LogP contribution in [-0.4, -0.2) is 22.8 Å². The van der Waals surface area contributed by atoms with Gasteiger partial charge in [0.15, 0.2) is 5.13 Å². The number of nitrogens with two attached hydrogens (primary N) is 2. The Bertz CT molecular complexity index is 402. The van der Waals surface area contributed by atoms with Crippen LogP contribution in [0.4, 0.5) is 5.13 Å². The van der Waals surface area contributed by atoms with Crippen LogP contribution in [0.2, 0.25) is 0 Å². The second-order valence-electron chi connectivity index (χ2n) is 3.66. The van der Waals surface area contributed by atoms with Crippen LogP contribution in [0.3, 0.4) is 0 Å². The smallest absolute Gasteiger partial charge is 0.268 e. The van der Waals surface area contributed by atoms with Gasteiger partial charge >= 0.3 is 0 Å². The highest BCUT2D eigenvalue weighted by atomic mass is 32.1. The lowest BCUT2D eigenvalue weighted by Gasteiger charge is -2.13. The Hall–Kier alpha value is -1.47. The molecule has 2 amide bonds. The van der Waals surface area contributed by atoms with E-state index in [1.165, 1.54) is 5.38 Å². The van der Waals surface area contributed by atoms with Gasteiger partial charge in [0, 0.05) is 5.38 Å². The molecule has 7 heteroatoms. The van der Waals surface area contributed by atoms with Crippen molar-refractivity contribution in [1.29, 1.82) is 0 Å². The second kappa shape index (κ2) is 5.04. The number of hydrogen-bond acceptors (Lipinski definition) is 5. The number of primary amides is 1. The molecule has 1 rings (SSSR count). The third-order valence-electron chi connectivity index (χ3n) is 2.01. The third kappa shape index (κ3) is 3.01. The quantitative estimate of drug-likeness (QED) is 0.698. The Kier molecular flexibility index (Phi) is 3.97. The molecule has 0 saturated heterocycles. The topological polar surface area (TPSA) is 111 Å². The van der Waals surface area contributed by atoms with Gasteiger partial charge in [0.1, 0.15) is 5.69 Å². The van der Waals surface area contributed by atoms with Crippen molar-refractivity contribution in [1.82, 2.24) is 4.98 Å². The van der Waals surface area contributed by atoms with Gasteiger partial charge in [-0.25, -0.2) is 4.98 Å². The van der Waals surface area contributed by atoms with Crippen LogP contribution in [0.25, 0.3) is 0 Å². The predicted molar refractivity (Wildman–Crippen MR) is 62.1 cm³/mol. The van der Waals surface area contributed by atoms with Crippen LogP contribution < -0.4 is 16.8 Å². The molecule has 1 atom stereocenters. The van der Waals surface area contributed by atoms with Crippen molar-refractivity contribution in [3.63, 3.8) is 0 Å². The minimum Gasteiger partial charge on any atom is -0.364 e. The van der Waals surface area contributed by atoms with E-state index in [1.807, 2.05) is 13.8 Å². The lowest BCUT2D eigenvalue weighted by atomic mass is 10.1. The molecular formula is C9H14N4O2S. The summed E-state index contributed by atoms with van der Waals surface area (Å²) < 4.78 is 0. The molecule has 0 aliphatic carbocycles. The molecular weight excluding hydrogens is 228 g/mol. The number of hydrogen-bond donors (Lipinski definition) is 3. The zero-order valence-corrected chi connectivity index (χ0v) is 9.88. The molecule has 88 valence electrons. The molecule has 1 aromatic heterocycles. The SMILES string of the molecule is CC(C)[C@H](N)C(=O)Nc1nc(C(N)=O)cs1. The molecule has 0 aromatic carbocycles. The summed E-state index contributed by atoms with van der Waals surface area (Å²) in [6.07, 6.45) is 0. The van der Waals surface area contributed by atoms with E-state index in [2.05, 4.69) is 10.3 Å². The first-order valence-corrected chi connectivity index (χ1v) is 5.61. The Balaban J connectivity index is 2.66. The Morgan fingerprint density at radius 1 is 1.50 bits per heavy atom. The summed E-state index contributed by atoms with van der Waals surface area (Å²) in [7, 11) is 0. The van der Waals surface area contributed by atoms with Gasteiger partial charge in [-0.05, 0) is 5.92 Å². The molecule has 6 nitrogen and oxygen atoms in total. The number of amides is 2. The summed E-state index contributed by atoms with van der Waals surface area (Å²) in [6.45, 7) is 3.70. The van der Waals surface area contributed by atoms with Gasteiger partial charge in [-0.15, -0.1) is 11.3 Å². The van der Waals surface area contributed by atoms with Crippen molar-refractivity contribution in [2.75, 3.05) is 5.32 Å². The van der Waals surface area contributed by atoms with Gasteiger partial charge in [0.2, 0.25) is 5.91 Å². The van der Waals surface area contributed by atoms with Gasteiger partial charge in [-0.1, -0.05) is 13.8 Å². The van der Waals surface area contributed by atoms with Gasteiger partial charge in [0.05, 0.1) is 6.04 Å². The largest absolute Gasteiger partial charge is 0.364 e. The molecule has 1 heterocycles. The van der Waals surface area contributed by atoms with E-state index in [4.69, 9.17) is 11.5 Å². The number of thiazole rings is 1. The molecule has 0 bridgehead atoms. The molecule has 1 aromatic rings. The van der Waals surface area contributed by atoms with E-state index < -0.39 is 11.9 Å². The summed E-state index contributed by atoms with van der Waals surface area (Å²) >= 11 is 1.14. The van der Waals surface area contributed by atoms with Crippen LogP contribution >= 0.6 is 11.3 Å². The number of nitrogens with zero attached hydrogens (tertiary/aromatic N) is 1. The maximum atomic E-state index is 11.5. The summed E-state index contributed by atoms with van der Waals surface area (Å²) in [6, 6.07) is -0.596. The highest BCUT2D eigenvalue weighted by Crippen LogP contribution is 2.15. The van der Waals surface area contributed by atoms with Crippen molar-refractivity contribution in [3.05, 3.63) is 11.1 Å². The van der Waals surface area contributed by atoms with E-state index >= 15 is 0 Å². The van der Waals surface area contributed by atoms with Crippen molar-refractivity contribution < 1.29 is 9.59 Å². The Morgan fingerprint density at radius 2 is 2.12 bits per heavy atom. The number of aromatic nitrogens is 1. The first kappa shape index (κ1) is 12.6. The number of carbonyl (C=O) groups excluding carboxylic acids is 2. The molecule has 0 aliphatic heterocycles. The van der Waals surface area contributed by atoms with Crippen molar-refractivity contribution in [2.45, 2.75) is 19.9 Å². The van der Waals surface area contributed by atoms with Crippen LogP contribution in [0.1, 0.15) is 24.3 Å². The van der Waals surface area contributed by atoms with Crippen LogP contribution in [0.15, 0.2) is 5.38 Å².